The van der Waals surface area contributed by atoms with E-state index in [1.165, 1.54) is 29.7 Å². The Morgan fingerprint density at radius 1 is 1.07 bits per heavy atom. The molecule has 1 aromatic carbocycles. The summed E-state index contributed by atoms with van der Waals surface area (Å²) >= 11 is 0. The minimum atomic E-state index is -3.58. The quantitative estimate of drug-likeness (QED) is 0.719. The van der Waals surface area contributed by atoms with Gasteiger partial charge in [0.1, 0.15) is 4.90 Å². The van der Waals surface area contributed by atoms with Crippen molar-refractivity contribution < 1.29 is 18.0 Å². The van der Waals surface area contributed by atoms with Crippen LogP contribution in [0.15, 0.2) is 53.7 Å². The minimum absolute atomic E-state index is 0.0321. The maximum atomic E-state index is 12.7. The van der Waals surface area contributed by atoms with Crippen LogP contribution in [0, 0.1) is 0 Å². The van der Waals surface area contributed by atoms with Gasteiger partial charge in [-0.1, -0.05) is 0 Å². The third-order valence-corrected chi connectivity index (χ3v) is 6.91. The summed E-state index contributed by atoms with van der Waals surface area (Å²) in [5, 5.41) is 2.84. The molecule has 0 saturated carbocycles. The summed E-state index contributed by atoms with van der Waals surface area (Å²) in [6.45, 7) is 4.81. The van der Waals surface area contributed by atoms with Gasteiger partial charge in [-0.2, -0.15) is 4.31 Å². The molecule has 0 bridgehead atoms. The van der Waals surface area contributed by atoms with Crippen molar-refractivity contribution in [1.82, 2.24) is 14.2 Å². The highest BCUT2D eigenvalue weighted by Crippen LogP contribution is 2.18. The van der Waals surface area contributed by atoms with E-state index in [0.717, 1.165) is 0 Å². The molecular weight excluding hydrogens is 392 g/mol. The molecule has 1 fully saturated rings. The highest BCUT2D eigenvalue weighted by molar-refractivity contribution is 7.89. The number of hydrogen-bond acceptors (Lipinski definition) is 6. The lowest BCUT2D eigenvalue weighted by Crippen LogP contribution is -2.53. The Morgan fingerprint density at radius 2 is 1.72 bits per heavy atom. The molecule has 154 valence electrons. The van der Waals surface area contributed by atoms with Gasteiger partial charge in [0, 0.05) is 49.8 Å². The summed E-state index contributed by atoms with van der Waals surface area (Å²) < 4.78 is 26.8. The highest BCUT2D eigenvalue weighted by atomic mass is 32.2. The lowest BCUT2D eigenvalue weighted by molar-refractivity contribution is -0.121. The fraction of sp³-hybridized carbons (Fsp3) is 0.350. The molecule has 1 aliphatic rings. The van der Waals surface area contributed by atoms with Gasteiger partial charge in [0.25, 0.3) is 0 Å². The fourth-order valence-electron chi connectivity index (χ4n) is 3.18. The molecule has 1 aromatic heterocycles. The number of nitrogens with zero attached hydrogens (tertiary/aromatic N) is 3. The maximum absolute atomic E-state index is 12.7. The Hall–Kier alpha value is -2.62. The van der Waals surface area contributed by atoms with Gasteiger partial charge in [-0.25, -0.2) is 8.42 Å². The molecule has 1 amide bonds. The van der Waals surface area contributed by atoms with E-state index in [4.69, 9.17) is 0 Å². The van der Waals surface area contributed by atoms with Crippen LogP contribution in [0.1, 0.15) is 24.2 Å². The van der Waals surface area contributed by atoms with Crippen LogP contribution < -0.4 is 5.32 Å². The molecule has 0 radical (unpaired) electrons. The van der Waals surface area contributed by atoms with Crippen LogP contribution in [0.2, 0.25) is 0 Å². The van der Waals surface area contributed by atoms with Gasteiger partial charge in [-0.3, -0.25) is 19.5 Å². The van der Waals surface area contributed by atoms with Gasteiger partial charge in [-0.05, 0) is 50.2 Å². The Bertz CT molecular complexity index is 969. The zero-order valence-corrected chi connectivity index (χ0v) is 17.2. The second-order valence-electron chi connectivity index (χ2n) is 6.93. The predicted octanol–water partition coefficient (Wildman–Crippen LogP) is 1.62. The van der Waals surface area contributed by atoms with Crippen molar-refractivity contribution >= 4 is 27.4 Å². The molecule has 29 heavy (non-hydrogen) atoms. The number of amides is 1. The molecule has 1 atom stereocenters. The number of carbonyl (C=O) groups is 2. The van der Waals surface area contributed by atoms with E-state index < -0.39 is 16.1 Å². The molecule has 3 rings (SSSR count). The number of benzene rings is 1. The summed E-state index contributed by atoms with van der Waals surface area (Å²) in [4.78, 5) is 29.9. The molecule has 9 heteroatoms. The number of piperazine rings is 1. The van der Waals surface area contributed by atoms with Crippen LogP contribution >= 0.6 is 0 Å². The summed E-state index contributed by atoms with van der Waals surface area (Å²) in [6, 6.07) is 9.45. The van der Waals surface area contributed by atoms with Crippen molar-refractivity contribution in [2.24, 2.45) is 0 Å². The van der Waals surface area contributed by atoms with Crippen molar-refractivity contribution in [2.45, 2.75) is 24.8 Å². The largest absolute Gasteiger partial charge is 0.325 e. The van der Waals surface area contributed by atoms with Gasteiger partial charge in [0.05, 0.1) is 6.04 Å². The highest BCUT2D eigenvalue weighted by Gasteiger charge is 2.31. The van der Waals surface area contributed by atoms with Crippen LogP contribution in [0.3, 0.4) is 0 Å². The minimum Gasteiger partial charge on any atom is -0.325 e. The first kappa shape index (κ1) is 21.1. The van der Waals surface area contributed by atoms with E-state index in [0.29, 0.717) is 37.4 Å². The van der Waals surface area contributed by atoms with Crippen LogP contribution in [0.25, 0.3) is 0 Å². The normalized spacial score (nSPS) is 16.9. The fourth-order valence-corrected chi connectivity index (χ4v) is 4.57. The van der Waals surface area contributed by atoms with Crippen molar-refractivity contribution in [1.29, 1.82) is 0 Å². The number of rotatable bonds is 6. The zero-order valence-electron chi connectivity index (χ0n) is 16.4. The number of ketones is 1. The molecule has 0 aliphatic carbocycles. The lowest BCUT2D eigenvalue weighted by atomic mass is 10.1. The topological polar surface area (TPSA) is 99.7 Å². The van der Waals surface area contributed by atoms with Crippen LogP contribution in [0.5, 0.6) is 0 Å². The molecule has 1 N–H and O–H groups in total. The van der Waals surface area contributed by atoms with E-state index in [2.05, 4.69) is 10.3 Å². The molecular formula is C20H24N4O4S. The van der Waals surface area contributed by atoms with Crippen molar-refractivity contribution in [3.05, 3.63) is 54.4 Å². The monoisotopic (exact) mass is 416 g/mol. The molecule has 1 saturated heterocycles. The van der Waals surface area contributed by atoms with Gasteiger partial charge < -0.3 is 5.32 Å². The number of aromatic nitrogens is 1. The van der Waals surface area contributed by atoms with E-state index in [-0.39, 0.29) is 16.6 Å². The van der Waals surface area contributed by atoms with E-state index in [1.54, 1.807) is 37.3 Å². The molecule has 1 aliphatic heterocycles. The van der Waals surface area contributed by atoms with Crippen LogP contribution in [0.4, 0.5) is 5.69 Å². The van der Waals surface area contributed by atoms with Gasteiger partial charge in [0.15, 0.2) is 5.78 Å². The first-order valence-corrected chi connectivity index (χ1v) is 10.8. The van der Waals surface area contributed by atoms with E-state index in [1.807, 2.05) is 4.90 Å². The standard InChI is InChI=1S/C20H24N4O4S/c1-15(20(26)22-18-7-5-17(6-8-18)16(2)25)23-10-12-24(13-11-23)29(27,28)19-4-3-9-21-14-19/h3-9,14-15H,10-13H2,1-2H3,(H,22,26). The number of nitrogens with one attached hydrogen (secondary N) is 1. The SMILES string of the molecule is CC(=O)c1ccc(NC(=O)C(C)N2CCN(S(=O)(=O)c3cccnc3)CC2)cc1. The van der Waals surface area contributed by atoms with E-state index >= 15 is 0 Å². The lowest BCUT2D eigenvalue weighted by Gasteiger charge is -2.36. The molecule has 1 unspecified atom stereocenters. The first-order chi connectivity index (χ1) is 13.8. The Morgan fingerprint density at radius 3 is 2.28 bits per heavy atom. The number of anilines is 1. The summed E-state index contributed by atoms with van der Waals surface area (Å²) in [5.74, 6) is -0.209. The molecule has 2 aromatic rings. The third kappa shape index (κ3) is 4.87. The Kier molecular flexibility index (Phi) is 6.41. The first-order valence-electron chi connectivity index (χ1n) is 9.35. The smallest absolute Gasteiger partial charge is 0.244 e. The predicted molar refractivity (Wildman–Crippen MR) is 109 cm³/mol. The summed E-state index contributed by atoms with van der Waals surface area (Å²) in [6.07, 6.45) is 2.88. The number of carbonyl (C=O) groups excluding carboxylic acids is 2. The Labute approximate surface area is 170 Å². The number of Topliss-reactive ketones (excluding diaryl/α,β-unsaturated/α-hetero) is 1. The summed E-state index contributed by atoms with van der Waals surface area (Å²) in [7, 11) is -3.58. The number of hydrogen-bond donors (Lipinski definition) is 1. The maximum Gasteiger partial charge on any atom is 0.244 e. The van der Waals surface area contributed by atoms with Gasteiger partial charge in [-0.15, -0.1) is 0 Å². The van der Waals surface area contributed by atoms with Gasteiger partial charge >= 0.3 is 0 Å². The second-order valence-corrected chi connectivity index (χ2v) is 8.87. The molecule has 2 heterocycles. The Balaban J connectivity index is 1.57. The van der Waals surface area contributed by atoms with E-state index in [9.17, 15) is 18.0 Å². The van der Waals surface area contributed by atoms with Crippen LogP contribution in [-0.2, 0) is 14.8 Å². The van der Waals surface area contributed by atoms with Gasteiger partial charge in [0.2, 0.25) is 15.9 Å². The van der Waals surface area contributed by atoms with Crippen LogP contribution in [-0.4, -0.2) is 66.5 Å². The average Bonchev–Trinajstić information content (AvgIpc) is 2.74. The summed E-state index contributed by atoms with van der Waals surface area (Å²) in [5.41, 5.74) is 1.20. The van der Waals surface area contributed by atoms with Crippen molar-refractivity contribution in [2.75, 3.05) is 31.5 Å². The molecule has 0 spiro atoms. The zero-order chi connectivity index (χ0) is 21.0. The molecule has 8 nitrogen and oxygen atoms in total. The van der Waals surface area contributed by atoms with Crippen molar-refractivity contribution in [3.8, 4) is 0 Å². The third-order valence-electron chi connectivity index (χ3n) is 5.03. The second kappa shape index (κ2) is 8.81. The van der Waals surface area contributed by atoms with Crippen molar-refractivity contribution in [3.63, 3.8) is 0 Å². The number of pyridine rings is 1. The number of sulfonamides is 1. The average molecular weight is 417 g/mol.